The molecule has 1 aliphatic heterocycles. The van der Waals surface area contributed by atoms with Gasteiger partial charge < -0.3 is 20.1 Å². The number of alkyl halides is 9. The van der Waals surface area contributed by atoms with Gasteiger partial charge in [-0.2, -0.15) is 39.5 Å². The van der Waals surface area contributed by atoms with Gasteiger partial charge in [-0.05, 0) is 74.2 Å². The quantitative estimate of drug-likeness (QED) is 0.204. The van der Waals surface area contributed by atoms with Crippen LogP contribution in [0.25, 0.3) is 0 Å². The lowest BCUT2D eigenvalue weighted by atomic mass is 9.89. The van der Waals surface area contributed by atoms with Gasteiger partial charge in [0.15, 0.2) is 0 Å². The molecule has 0 saturated carbocycles. The zero-order chi connectivity index (χ0) is 36.3. The number of hydrogen-bond acceptors (Lipinski definition) is 7. The fourth-order valence-electron chi connectivity index (χ4n) is 5.63. The summed E-state index contributed by atoms with van der Waals surface area (Å²) in [6, 6.07) is 2.33. The normalized spacial score (nSPS) is 17.4. The van der Waals surface area contributed by atoms with Crippen molar-refractivity contribution in [1.82, 2.24) is 9.97 Å². The summed E-state index contributed by atoms with van der Waals surface area (Å²) in [4.78, 5) is 22.9. The van der Waals surface area contributed by atoms with Crippen LogP contribution in [0.3, 0.4) is 0 Å². The highest BCUT2D eigenvalue weighted by Crippen LogP contribution is 2.43. The molecule has 1 aromatic heterocycles. The van der Waals surface area contributed by atoms with E-state index in [0.717, 1.165) is 12.1 Å². The molecule has 0 fully saturated rings. The number of ether oxygens (including phenoxy) is 2. The second-order valence-electron chi connectivity index (χ2n) is 11.5. The molecular weight excluding hydrogens is 673 g/mol. The van der Waals surface area contributed by atoms with Gasteiger partial charge in [0.1, 0.15) is 0 Å². The molecule has 0 saturated heterocycles. The van der Waals surface area contributed by atoms with E-state index in [1.807, 2.05) is 0 Å². The van der Waals surface area contributed by atoms with Crippen molar-refractivity contribution in [3.63, 3.8) is 0 Å². The molecule has 268 valence electrons. The third kappa shape index (κ3) is 9.05. The van der Waals surface area contributed by atoms with E-state index in [1.165, 1.54) is 24.3 Å². The Bertz CT molecular complexity index is 1600. The van der Waals surface area contributed by atoms with E-state index in [-0.39, 0.29) is 65.9 Å². The van der Waals surface area contributed by atoms with E-state index >= 15 is 0 Å². The van der Waals surface area contributed by atoms with Crippen LogP contribution in [0.5, 0.6) is 0 Å². The van der Waals surface area contributed by atoms with Crippen molar-refractivity contribution < 1.29 is 53.8 Å². The summed E-state index contributed by atoms with van der Waals surface area (Å²) >= 11 is 0. The fourth-order valence-corrected chi connectivity index (χ4v) is 5.63. The number of amides is 1. The zero-order valence-corrected chi connectivity index (χ0v) is 26.8. The molecule has 8 nitrogen and oxygen atoms in total. The Labute approximate surface area is 276 Å². The zero-order valence-electron chi connectivity index (χ0n) is 26.8. The molecule has 2 heterocycles. The maximum absolute atomic E-state index is 13.8. The van der Waals surface area contributed by atoms with Gasteiger partial charge in [-0.3, -0.25) is 4.90 Å². The van der Waals surface area contributed by atoms with Crippen LogP contribution in [0, 0.1) is 0 Å². The number of methoxy groups -OCH3 is 1. The van der Waals surface area contributed by atoms with Crippen molar-refractivity contribution in [2.24, 2.45) is 0 Å². The molecule has 3 atom stereocenters. The third-order valence-electron chi connectivity index (χ3n) is 7.81. The number of anilines is 3. The van der Waals surface area contributed by atoms with Gasteiger partial charge in [-0.25, -0.2) is 14.8 Å². The average molecular weight is 708 g/mol. The van der Waals surface area contributed by atoms with E-state index < -0.39 is 59.8 Å². The lowest BCUT2D eigenvalue weighted by molar-refractivity contribution is -0.143. The predicted octanol–water partition coefficient (Wildman–Crippen LogP) is 8.87. The lowest BCUT2D eigenvalue weighted by Crippen LogP contribution is -2.46. The number of hydrogen-bond donors (Lipinski definition) is 2. The van der Waals surface area contributed by atoms with E-state index in [1.54, 1.807) is 20.8 Å². The molecule has 2 aromatic carbocycles. The molecule has 1 amide bonds. The average Bonchev–Trinajstić information content (AvgIpc) is 3.00. The van der Waals surface area contributed by atoms with E-state index in [9.17, 15) is 44.3 Å². The van der Waals surface area contributed by atoms with E-state index in [4.69, 9.17) is 9.47 Å². The van der Waals surface area contributed by atoms with Crippen LogP contribution in [0.4, 0.5) is 61.6 Å². The molecular formula is C32H34F9N5O3. The molecule has 2 unspecified atom stereocenters. The van der Waals surface area contributed by atoms with Crippen molar-refractivity contribution in [2.75, 3.05) is 35.9 Å². The number of carbonyl (C=O) groups is 1. The second-order valence-corrected chi connectivity index (χ2v) is 11.5. The standard InChI is InChI=1S/C32H34F9N5O3/c1-5-22-14-24(23-13-19(30(33,34)35)7-8-27(23)46(22)29(47)49-6-2)44-28-42-15-26(43-17(3)16-48-4)25(45-28)11-18-9-20(31(36,37)38)12-21(10-18)32(39,40)41/h7-10,12-13,15,17,22,24,43H,5-6,11,14,16H2,1-4H3,(H,42,44,45)/t17?,22?,24-/m0/s1. The number of nitrogens with zero attached hydrogens (tertiary/aromatic N) is 3. The highest BCUT2D eigenvalue weighted by molar-refractivity contribution is 5.90. The maximum Gasteiger partial charge on any atom is 0.416 e. The Balaban J connectivity index is 1.80. The van der Waals surface area contributed by atoms with Gasteiger partial charge in [0.25, 0.3) is 0 Å². The molecule has 0 radical (unpaired) electrons. The first-order chi connectivity index (χ1) is 22.8. The number of rotatable bonds is 10. The Morgan fingerprint density at radius 2 is 1.59 bits per heavy atom. The Morgan fingerprint density at radius 1 is 0.959 bits per heavy atom. The monoisotopic (exact) mass is 707 g/mol. The largest absolute Gasteiger partial charge is 0.449 e. The number of nitrogens with one attached hydrogen (secondary N) is 2. The van der Waals surface area contributed by atoms with Crippen molar-refractivity contribution in [1.29, 1.82) is 0 Å². The number of fused-ring (bicyclic) bond motifs is 1. The molecule has 0 aliphatic carbocycles. The molecule has 0 bridgehead atoms. The number of halogens is 9. The minimum Gasteiger partial charge on any atom is -0.449 e. The first kappa shape index (κ1) is 37.5. The molecule has 4 rings (SSSR count). The molecule has 1 aliphatic rings. The van der Waals surface area contributed by atoms with Crippen LogP contribution in [-0.4, -0.2) is 48.5 Å². The van der Waals surface area contributed by atoms with Crippen LogP contribution in [0.15, 0.2) is 42.6 Å². The van der Waals surface area contributed by atoms with Crippen LogP contribution in [0.1, 0.15) is 73.2 Å². The van der Waals surface area contributed by atoms with Crippen LogP contribution < -0.4 is 15.5 Å². The summed E-state index contributed by atoms with van der Waals surface area (Å²) in [5.41, 5.74) is -3.87. The summed E-state index contributed by atoms with van der Waals surface area (Å²) in [7, 11) is 1.43. The molecule has 3 aromatic rings. The summed E-state index contributed by atoms with van der Waals surface area (Å²) in [6.45, 7) is 5.29. The predicted molar refractivity (Wildman–Crippen MR) is 162 cm³/mol. The van der Waals surface area contributed by atoms with Gasteiger partial charge in [-0.1, -0.05) is 6.92 Å². The van der Waals surface area contributed by atoms with Crippen LogP contribution in [-0.2, 0) is 34.4 Å². The summed E-state index contributed by atoms with van der Waals surface area (Å²) in [6.07, 6.45) is -14.3. The number of carbonyl (C=O) groups excluding carboxylic acids is 1. The van der Waals surface area contributed by atoms with Crippen molar-refractivity contribution >= 4 is 23.4 Å². The Morgan fingerprint density at radius 3 is 2.14 bits per heavy atom. The molecule has 2 N–H and O–H groups in total. The maximum atomic E-state index is 13.8. The minimum absolute atomic E-state index is 0.00756. The third-order valence-corrected chi connectivity index (χ3v) is 7.81. The van der Waals surface area contributed by atoms with Gasteiger partial charge in [-0.15, -0.1) is 0 Å². The topological polar surface area (TPSA) is 88.6 Å². The molecule has 49 heavy (non-hydrogen) atoms. The Kier molecular flexibility index (Phi) is 11.2. The lowest BCUT2D eigenvalue weighted by Gasteiger charge is -2.40. The SMILES string of the molecule is CCOC(=O)N1c2ccc(C(F)(F)F)cc2[C@@H](Nc2ncc(NC(C)COC)c(Cc3cc(C(F)(F)F)cc(C(F)(F)F)c3)n2)CC1CC. The summed E-state index contributed by atoms with van der Waals surface area (Å²) < 4.78 is 133. The Hall–Kier alpha value is -4.28. The van der Waals surface area contributed by atoms with Gasteiger partial charge in [0, 0.05) is 25.6 Å². The second kappa shape index (κ2) is 14.7. The van der Waals surface area contributed by atoms with Crippen LogP contribution in [0.2, 0.25) is 0 Å². The fraction of sp³-hybridized carbons (Fsp3) is 0.469. The van der Waals surface area contributed by atoms with Crippen LogP contribution >= 0.6 is 0 Å². The van der Waals surface area contributed by atoms with E-state index in [2.05, 4.69) is 20.6 Å². The van der Waals surface area contributed by atoms with Crippen molar-refractivity contribution in [2.45, 2.75) is 76.7 Å². The summed E-state index contributed by atoms with van der Waals surface area (Å²) in [5.74, 6) is -0.157. The highest BCUT2D eigenvalue weighted by atomic mass is 19.4. The first-order valence-corrected chi connectivity index (χ1v) is 15.2. The first-order valence-electron chi connectivity index (χ1n) is 15.2. The molecule has 0 spiro atoms. The van der Waals surface area contributed by atoms with Crippen molar-refractivity contribution in [3.05, 3.63) is 76.1 Å². The van der Waals surface area contributed by atoms with Gasteiger partial charge >= 0.3 is 24.6 Å². The van der Waals surface area contributed by atoms with Gasteiger partial charge in [0.05, 0.1) is 59.2 Å². The number of benzene rings is 2. The smallest absolute Gasteiger partial charge is 0.416 e. The minimum atomic E-state index is -5.07. The summed E-state index contributed by atoms with van der Waals surface area (Å²) in [5, 5.41) is 6.03. The molecule has 17 heteroatoms. The van der Waals surface area contributed by atoms with Gasteiger partial charge in [0.2, 0.25) is 5.95 Å². The van der Waals surface area contributed by atoms with E-state index in [0.29, 0.717) is 18.6 Å². The highest BCUT2D eigenvalue weighted by Gasteiger charge is 2.40. The van der Waals surface area contributed by atoms with Crippen molar-refractivity contribution in [3.8, 4) is 0 Å². The number of aromatic nitrogens is 2.